The number of amides is 5. The summed E-state index contributed by atoms with van der Waals surface area (Å²) in [5.41, 5.74) is 11.5. The van der Waals surface area contributed by atoms with E-state index in [9.17, 15) is 29.1 Å². The van der Waals surface area contributed by atoms with Crippen LogP contribution in [-0.4, -0.2) is 73.1 Å². The number of hydrogen-bond donors (Lipinski definition) is 7. The molecule has 3 rings (SSSR count). The van der Waals surface area contributed by atoms with E-state index in [0.717, 1.165) is 0 Å². The number of urea groups is 2. The van der Waals surface area contributed by atoms with Gasteiger partial charge in [0.1, 0.15) is 6.04 Å². The number of benzene rings is 1. The number of nitrogens with two attached hydrogens (primary N) is 4. The molecule has 5 amide bonds. The van der Waals surface area contributed by atoms with E-state index >= 15 is 0 Å². The standard InChI is InChI=1S/C22H26N12O7/c1-32(12-4-2-10(3-5-12)18(37)29-13(19(38)39)6-7-14(35)36)9-11-8-27-16-15(28-11)17(33(25)20(23)40)31-22(30-16)34(26)21(24)41/h2-5,8,13H,6-7,9,25-26H2,1H3,(H2,23,40)(H2,24,41)(H,29,37)(H,35,36)(H,38,39)/t13-/m0/s1. The minimum Gasteiger partial charge on any atom is -0.481 e. The Labute approximate surface area is 230 Å². The van der Waals surface area contributed by atoms with E-state index < -0.39 is 48.3 Å². The summed E-state index contributed by atoms with van der Waals surface area (Å²) in [6.45, 7) is 0.164. The van der Waals surface area contributed by atoms with Crippen LogP contribution in [0.15, 0.2) is 30.5 Å². The number of primary amides is 2. The first-order valence-corrected chi connectivity index (χ1v) is 11.6. The lowest BCUT2D eigenvalue weighted by Crippen LogP contribution is -2.45. The van der Waals surface area contributed by atoms with E-state index in [-0.39, 0.29) is 35.5 Å². The van der Waals surface area contributed by atoms with Gasteiger partial charge in [0.05, 0.1) is 18.4 Å². The van der Waals surface area contributed by atoms with E-state index in [2.05, 4.69) is 25.3 Å². The average Bonchev–Trinajstić information content (AvgIpc) is 2.93. The van der Waals surface area contributed by atoms with Crippen molar-refractivity contribution in [3.05, 3.63) is 41.7 Å². The second-order valence-corrected chi connectivity index (χ2v) is 8.50. The minimum atomic E-state index is -1.36. The molecule has 19 heteroatoms. The number of carbonyl (C=O) groups excluding carboxylic acids is 3. The van der Waals surface area contributed by atoms with Crippen molar-refractivity contribution in [3.63, 3.8) is 0 Å². The summed E-state index contributed by atoms with van der Waals surface area (Å²) in [5.74, 6) is 7.38. The Morgan fingerprint density at radius 3 is 2.15 bits per heavy atom. The van der Waals surface area contributed by atoms with Gasteiger partial charge in [-0.15, -0.1) is 0 Å². The minimum absolute atomic E-state index is 0.0262. The number of carboxylic acid groups (broad SMARTS) is 2. The van der Waals surface area contributed by atoms with Crippen LogP contribution in [0.5, 0.6) is 0 Å². The third kappa shape index (κ3) is 7.25. The van der Waals surface area contributed by atoms with E-state index in [4.69, 9.17) is 28.3 Å². The number of anilines is 3. The Morgan fingerprint density at radius 1 is 0.951 bits per heavy atom. The van der Waals surface area contributed by atoms with Gasteiger partial charge in [-0.1, -0.05) is 0 Å². The molecule has 0 saturated heterocycles. The van der Waals surface area contributed by atoms with Crippen molar-refractivity contribution in [2.45, 2.75) is 25.4 Å². The number of aromatic nitrogens is 4. The molecule has 41 heavy (non-hydrogen) atoms. The summed E-state index contributed by atoms with van der Waals surface area (Å²) in [4.78, 5) is 76.1. The largest absolute Gasteiger partial charge is 0.481 e. The number of fused-ring (bicyclic) bond motifs is 1. The Kier molecular flexibility index (Phi) is 9.06. The van der Waals surface area contributed by atoms with Crippen LogP contribution in [0.25, 0.3) is 11.2 Å². The monoisotopic (exact) mass is 570 g/mol. The highest BCUT2D eigenvalue weighted by molar-refractivity contribution is 5.98. The van der Waals surface area contributed by atoms with Gasteiger partial charge in [0.2, 0.25) is 0 Å². The van der Waals surface area contributed by atoms with Crippen LogP contribution >= 0.6 is 0 Å². The molecule has 0 aliphatic rings. The van der Waals surface area contributed by atoms with Crippen molar-refractivity contribution in [2.75, 3.05) is 22.0 Å². The van der Waals surface area contributed by atoms with Crippen LogP contribution in [0.1, 0.15) is 28.9 Å². The summed E-state index contributed by atoms with van der Waals surface area (Å²) < 4.78 is 0. The van der Waals surface area contributed by atoms with Crippen molar-refractivity contribution in [1.82, 2.24) is 25.3 Å². The molecule has 11 N–H and O–H groups in total. The average molecular weight is 571 g/mol. The van der Waals surface area contributed by atoms with Gasteiger partial charge in [-0.2, -0.15) is 15.0 Å². The molecular formula is C22H26N12O7. The molecule has 1 atom stereocenters. The maximum Gasteiger partial charge on any atom is 0.336 e. The molecule has 0 aliphatic carbocycles. The fraction of sp³-hybridized carbons (Fsp3) is 0.227. The fourth-order valence-electron chi connectivity index (χ4n) is 3.44. The molecule has 0 fully saturated rings. The number of hydrazine groups is 2. The highest BCUT2D eigenvalue weighted by Gasteiger charge is 2.23. The summed E-state index contributed by atoms with van der Waals surface area (Å²) in [6.07, 6.45) is 0.688. The molecule has 19 nitrogen and oxygen atoms in total. The molecule has 2 aromatic heterocycles. The predicted molar refractivity (Wildman–Crippen MR) is 142 cm³/mol. The van der Waals surface area contributed by atoms with Gasteiger partial charge >= 0.3 is 24.0 Å². The normalized spacial score (nSPS) is 11.4. The molecule has 0 spiro atoms. The van der Waals surface area contributed by atoms with E-state index in [1.807, 2.05) is 0 Å². The molecule has 3 aromatic rings. The number of nitrogens with zero attached hydrogens (tertiary/aromatic N) is 7. The first-order valence-electron chi connectivity index (χ1n) is 11.6. The second kappa shape index (κ2) is 12.4. The number of rotatable bonds is 11. The zero-order valence-electron chi connectivity index (χ0n) is 21.5. The van der Waals surface area contributed by atoms with E-state index in [1.54, 1.807) is 24.1 Å². The maximum atomic E-state index is 12.5. The summed E-state index contributed by atoms with van der Waals surface area (Å²) >= 11 is 0. The van der Waals surface area contributed by atoms with Crippen LogP contribution in [-0.2, 0) is 16.1 Å². The summed E-state index contributed by atoms with van der Waals surface area (Å²) in [7, 11) is 1.71. The maximum absolute atomic E-state index is 12.5. The van der Waals surface area contributed by atoms with Crippen LogP contribution in [0.3, 0.4) is 0 Å². The lowest BCUT2D eigenvalue weighted by molar-refractivity contribution is -0.140. The van der Waals surface area contributed by atoms with Crippen molar-refractivity contribution in [3.8, 4) is 0 Å². The van der Waals surface area contributed by atoms with Gasteiger partial charge in [-0.05, 0) is 30.7 Å². The molecule has 0 radical (unpaired) electrons. The second-order valence-electron chi connectivity index (χ2n) is 8.50. The van der Waals surface area contributed by atoms with Gasteiger partial charge in [0, 0.05) is 24.7 Å². The third-order valence-electron chi connectivity index (χ3n) is 5.56. The number of hydrogen-bond acceptors (Lipinski definition) is 12. The van der Waals surface area contributed by atoms with Crippen molar-refractivity contribution in [2.24, 2.45) is 23.2 Å². The van der Waals surface area contributed by atoms with Gasteiger partial charge in [-0.25, -0.2) is 41.0 Å². The molecule has 2 heterocycles. The highest BCUT2D eigenvalue weighted by Crippen LogP contribution is 2.23. The number of aliphatic carboxylic acids is 2. The Balaban J connectivity index is 1.81. The molecule has 216 valence electrons. The van der Waals surface area contributed by atoms with Crippen molar-refractivity contribution >= 4 is 58.5 Å². The predicted octanol–water partition coefficient (Wildman–Crippen LogP) is -1.38. The first-order chi connectivity index (χ1) is 19.3. The Hall–Kier alpha value is -5.69. The van der Waals surface area contributed by atoms with Crippen LogP contribution in [0.4, 0.5) is 27.0 Å². The van der Waals surface area contributed by atoms with Crippen LogP contribution < -0.4 is 43.4 Å². The lowest BCUT2D eigenvalue weighted by Gasteiger charge is -2.20. The topological polar surface area (TPSA) is 303 Å². The zero-order chi connectivity index (χ0) is 30.4. The smallest absolute Gasteiger partial charge is 0.336 e. The SMILES string of the molecule is CN(Cc1cnc2nc(N(N)C(N)=O)nc(N(N)C(N)=O)c2n1)c1ccc(C(=O)N[C@@H](CCC(=O)O)C(=O)O)cc1. The van der Waals surface area contributed by atoms with Crippen molar-refractivity contribution in [1.29, 1.82) is 0 Å². The van der Waals surface area contributed by atoms with Gasteiger partial charge in [0.25, 0.3) is 11.9 Å². The number of nitrogens with one attached hydrogen (secondary N) is 1. The summed E-state index contributed by atoms with van der Waals surface area (Å²) in [6, 6.07) is 2.59. The zero-order valence-corrected chi connectivity index (χ0v) is 21.5. The highest BCUT2D eigenvalue weighted by atomic mass is 16.4. The number of carbonyl (C=O) groups is 5. The quantitative estimate of drug-likeness (QED) is 0.0794. The van der Waals surface area contributed by atoms with Crippen LogP contribution in [0.2, 0.25) is 0 Å². The molecule has 0 aliphatic heterocycles. The lowest BCUT2D eigenvalue weighted by atomic mass is 10.1. The summed E-state index contributed by atoms with van der Waals surface area (Å²) in [5, 5.41) is 21.2. The van der Waals surface area contributed by atoms with Gasteiger partial charge < -0.3 is 31.9 Å². The number of carboxylic acids is 2. The molecular weight excluding hydrogens is 544 g/mol. The van der Waals surface area contributed by atoms with Gasteiger partial charge in [0.15, 0.2) is 17.0 Å². The molecule has 0 bridgehead atoms. The molecule has 0 saturated carbocycles. The van der Waals surface area contributed by atoms with E-state index in [1.165, 1.54) is 18.3 Å². The van der Waals surface area contributed by atoms with Crippen molar-refractivity contribution < 1.29 is 34.2 Å². The molecule has 0 unspecified atom stereocenters. The van der Waals surface area contributed by atoms with E-state index in [0.29, 0.717) is 21.4 Å². The van der Waals surface area contributed by atoms with Gasteiger partial charge in [-0.3, -0.25) is 9.59 Å². The Morgan fingerprint density at radius 2 is 1.59 bits per heavy atom. The third-order valence-corrected chi connectivity index (χ3v) is 5.56. The molecule has 1 aromatic carbocycles. The first kappa shape index (κ1) is 29.9. The Bertz CT molecular complexity index is 1500. The van der Waals surface area contributed by atoms with Crippen LogP contribution in [0, 0.1) is 0 Å². The fourth-order valence-corrected chi connectivity index (χ4v) is 3.44.